The number of hydrogen-bond acceptors (Lipinski definition) is 4. The van der Waals surface area contributed by atoms with E-state index in [0.717, 1.165) is 23.3 Å². The second kappa shape index (κ2) is 9.19. The molecule has 27 heavy (non-hydrogen) atoms. The summed E-state index contributed by atoms with van der Waals surface area (Å²) in [5.74, 6) is -0.506. The van der Waals surface area contributed by atoms with Gasteiger partial charge in [0.2, 0.25) is 5.91 Å². The molecule has 0 radical (unpaired) electrons. The number of carbonyl (C=O) groups is 3. The molecule has 1 spiro atoms. The maximum atomic E-state index is 12.7. The van der Waals surface area contributed by atoms with Gasteiger partial charge in [-0.15, -0.1) is 12.4 Å². The quantitative estimate of drug-likeness (QED) is 0.681. The highest BCUT2D eigenvalue weighted by Gasteiger charge is 2.52. The zero-order valence-electron chi connectivity index (χ0n) is 15.4. The molecule has 3 rings (SSSR count). The third-order valence-corrected chi connectivity index (χ3v) is 5.26. The normalized spacial score (nSPS) is 17.7. The number of halogens is 1. The number of hydrogen-bond donors (Lipinski definition) is 2. The minimum atomic E-state index is -0.778. The lowest BCUT2D eigenvalue weighted by Crippen LogP contribution is -2.47. The van der Waals surface area contributed by atoms with Gasteiger partial charge in [0.05, 0.1) is 0 Å². The summed E-state index contributed by atoms with van der Waals surface area (Å²) in [5, 5.41) is 2.81. The molecule has 1 aliphatic heterocycles. The van der Waals surface area contributed by atoms with Gasteiger partial charge >= 0.3 is 6.03 Å². The Morgan fingerprint density at radius 1 is 1.15 bits per heavy atom. The topological polar surface area (TPSA) is 95.7 Å². The SMILES string of the molecule is Cl.NCCN(CCc1ccccc1)C(=O)CN1C(=O)NC2(CCCC2)C1=O. The summed E-state index contributed by atoms with van der Waals surface area (Å²) >= 11 is 0. The predicted octanol–water partition coefficient (Wildman–Crippen LogP) is 1.30. The molecule has 1 heterocycles. The van der Waals surface area contributed by atoms with Crippen LogP contribution in [0.1, 0.15) is 31.2 Å². The van der Waals surface area contributed by atoms with Crippen molar-refractivity contribution < 1.29 is 14.4 Å². The Bertz CT molecular complexity index is 677. The average Bonchev–Trinajstić information content (AvgIpc) is 3.20. The largest absolute Gasteiger partial charge is 0.340 e. The Labute approximate surface area is 165 Å². The van der Waals surface area contributed by atoms with Gasteiger partial charge < -0.3 is 16.0 Å². The first-order valence-corrected chi connectivity index (χ1v) is 9.22. The van der Waals surface area contributed by atoms with E-state index in [1.54, 1.807) is 4.90 Å². The first-order valence-electron chi connectivity index (χ1n) is 9.22. The van der Waals surface area contributed by atoms with Crippen LogP contribution in [0.2, 0.25) is 0 Å². The van der Waals surface area contributed by atoms with Gasteiger partial charge in [0, 0.05) is 19.6 Å². The first-order chi connectivity index (χ1) is 12.6. The Morgan fingerprint density at radius 3 is 2.44 bits per heavy atom. The number of urea groups is 1. The standard InChI is InChI=1S/C19H26N4O3.ClH/c20-11-13-22(12-8-15-6-2-1-3-7-15)16(24)14-23-17(25)19(21-18(23)26)9-4-5-10-19;/h1-3,6-7H,4-5,8-14,20H2,(H,21,26);1H. The van der Waals surface area contributed by atoms with Gasteiger partial charge in [0.25, 0.3) is 5.91 Å². The van der Waals surface area contributed by atoms with Crippen LogP contribution in [0.5, 0.6) is 0 Å². The highest BCUT2D eigenvalue weighted by Crippen LogP contribution is 2.34. The van der Waals surface area contributed by atoms with Crippen molar-refractivity contribution >= 4 is 30.3 Å². The van der Waals surface area contributed by atoms with Gasteiger partial charge in [-0.3, -0.25) is 14.5 Å². The molecule has 4 amide bonds. The molecule has 0 atom stereocenters. The lowest BCUT2D eigenvalue weighted by atomic mass is 9.98. The number of rotatable bonds is 7. The fraction of sp³-hybridized carbons (Fsp3) is 0.526. The second-order valence-electron chi connectivity index (χ2n) is 7.02. The molecule has 1 saturated carbocycles. The summed E-state index contributed by atoms with van der Waals surface area (Å²) in [5.41, 5.74) is 5.99. The minimum Gasteiger partial charge on any atom is -0.340 e. The summed E-state index contributed by atoms with van der Waals surface area (Å²) in [6, 6.07) is 9.42. The van der Waals surface area contributed by atoms with E-state index < -0.39 is 11.6 Å². The Morgan fingerprint density at radius 2 is 1.81 bits per heavy atom. The van der Waals surface area contributed by atoms with Gasteiger partial charge in [-0.2, -0.15) is 0 Å². The number of nitrogens with one attached hydrogen (secondary N) is 1. The van der Waals surface area contributed by atoms with E-state index >= 15 is 0 Å². The highest BCUT2D eigenvalue weighted by atomic mass is 35.5. The van der Waals surface area contributed by atoms with Crippen LogP contribution in [-0.2, 0) is 16.0 Å². The van der Waals surface area contributed by atoms with Crippen LogP contribution in [-0.4, -0.2) is 59.4 Å². The molecule has 2 fully saturated rings. The first kappa shape index (κ1) is 21.2. The number of imide groups is 1. The van der Waals surface area contributed by atoms with Crippen molar-refractivity contribution in [2.75, 3.05) is 26.2 Å². The van der Waals surface area contributed by atoms with E-state index in [1.165, 1.54) is 0 Å². The molecular formula is C19H27ClN4O3. The molecule has 0 bridgehead atoms. The van der Waals surface area contributed by atoms with Crippen molar-refractivity contribution in [3.05, 3.63) is 35.9 Å². The highest BCUT2D eigenvalue weighted by molar-refractivity contribution is 6.09. The van der Waals surface area contributed by atoms with E-state index in [1.807, 2.05) is 30.3 Å². The van der Waals surface area contributed by atoms with Crippen LogP contribution in [0.15, 0.2) is 30.3 Å². The van der Waals surface area contributed by atoms with Gasteiger partial charge in [-0.1, -0.05) is 43.2 Å². The Kier molecular flexibility index (Phi) is 7.21. The van der Waals surface area contributed by atoms with E-state index in [0.29, 0.717) is 38.9 Å². The van der Waals surface area contributed by atoms with Crippen molar-refractivity contribution in [2.24, 2.45) is 5.73 Å². The maximum absolute atomic E-state index is 12.7. The summed E-state index contributed by atoms with van der Waals surface area (Å²) in [6.45, 7) is 1.03. The molecule has 2 aliphatic rings. The lowest BCUT2D eigenvalue weighted by Gasteiger charge is -2.25. The number of amides is 4. The van der Waals surface area contributed by atoms with Crippen LogP contribution in [0, 0.1) is 0 Å². The van der Waals surface area contributed by atoms with Crippen LogP contribution in [0.25, 0.3) is 0 Å². The van der Waals surface area contributed by atoms with Gasteiger partial charge in [0.1, 0.15) is 12.1 Å². The smallest absolute Gasteiger partial charge is 0.325 e. The van der Waals surface area contributed by atoms with Crippen LogP contribution in [0.3, 0.4) is 0 Å². The van der Waals surface area contributed by atoms with Crippen molar-refractivity contribution in [3.8, 4) is 0 Å². The van der Waals surface area contributed by atoms with Crippen molar-refractivity contribution in [1.82, 2.24) is 15.1 Å². The summed E-state index contributed by atoms with van der Waals surface area (Å²) < 4.78 is 0. The van der Waals surface area contributed by atoms with Crippen molar-refractivity contribution in [2.45, 2.75) is 37.6 Å². The summed E-state index contributed by atoms with van der Waals surface area (Å²) in [4.78, 5) is 40.3. The van der Waals surface area contributed by atoms with Gasteiger partial charge in [0.15, 0.2) is 0 Å². The number of nitrogens with zero attached hydrogens (tertiary/aromatic N) is 2. The zero-order chi connectivity index (χ0) is 18.6. The summed E-state index contributed by atoms with van der Waals surface area (Å²) in [6.07, 6.45) is 3.86. The molecule has 0 aromatic heterocycles. The molecule has 7 nitrogen and oxygen atoms in total. The second-order valence-corrected chi connectivity index (χ2v) is 7.02. The van der Waals surface area contributed by atoms with Crippen molar-refractivity contribution in [3.63, 3.8) is 0 Å². The molecule has 0 unspecified atom stereocenters. The molecule has 1 saturated heterocycles. The average molecular weight is 395 g/mol. The third-order valence-electron chi connectivity index (χ3n) is 5.26. The van der Waals surface area contributed by atoms with Gasteiger partial charge in [-0.25, -0.2) is 4.79 Å². The van der Waals surface area contributed by atoms with Crippen LogP contribution < -0.4 is 11.1 Å². The monoisotopic (exact) mass is 394 g/mol. The molecule has 1 aromatic rings. The number of carbonyl (C=O) groups excluding carboxylic acids is 3. The van der Waals surface area contributed by atoms with E-state index in [4.69, 9.17) is 5.73 Å². The number of nitrogens with two attached hydrogens (primary N) is 1. The maximum Gasteiger partial charge on any atom is 0.325 e. The van der Waals surface area contributed by atoms with E-state index in [2.05, 4.69) is 5.32 Å². The molecule has 1 aliphatic carbocycles. The predicted molar refractivity (Wildman–Crippen MR) is 104 cm³/mol. The zero-order valence-corrected chi connectivity index (χ0v) is 16.2. The number of benzene rings is 1. The van der Waals surface area contributed by atoms with E-state index in [-0.39, 0.29) is 30.8 Å². The minimum absolute atomic E-state index is 0. The molecule has 148 valence electrons. The van der Waals surface area contributed by atoms with Crippen LogP contribution >= 0.6 is 12.4 Å². The lowest BCUT2D eigenvalue weighted by molar-refractivity contribution is -0.138. The van der Waals surface area contributed by atoms with Crippen LogP contribution in [0.4, 0.5) is 4.79 Å². The molecule has 8 heteroatoms. The fourth-order valence-electron chi connectivity index (χ4n) is 3.80. The Hall–Kier alpha value is -2.12. The molecule has 1 aromatic carbocycles. The molecule has 3 N–H and O–H groups in total. The van der Waals surface area contributed by atoms with Crippen molar-refractivity contribution in [1.29, 1.82) is 0 Å². The molecular weight excluding hydrogens is 368 g/mol. The van der Waals surface area contributed by atoms with E-state index in [9.17, 15) is 14.4 Å². The van der Waals surface area contributed by atoms with Gasteiger partial charge in [-0.05, 0) is 24.8 Å². The summed E-state index contributed by atoms with van der Waals surface area (Å²) in [7, 11) is 0. The third kappa shape index (κ3) is 4.59. The fourth-order valence-corrected chi connectivity index (χ4v) is 3.80. The Balaban J connectivity index is 0.00000261.